The molecule has 1 saturated heterocycles. The van der Waals surface area contributed by atoms with Crippen LogP contribution in [0.15, 0.2) is 18.2 Å². The van der Waals surface area contributed by atoms with Crippen LogP contribution < -0.4 is 16.4 Å². The van der Waals surface area contributed by atoms with Gasteiger partial charge >= 0.3 is 6.18 Å². The Balaban J connectivity index is 2.12. The quantitative estimate of drug-likeness (QED) is 0.800. The fraction of sp³-hybridized carbons (Fsp3) is 0.500. The second-order valence-electron chi connectivity index (χ2n) is 5.15. The molecule has 7 heteroatoms. The summed E-state index contributed by atoms with van der Waals surface area (Å²) >= 11 is 0. The minimum Gasteiger partial charge on any atom is -0.383 e. The Bertz CT molecular complexity index is 511. The molecule has 1 amide bonds. The summed E-state index contributed by atoms with van der Waals surface area (Å²) in [5.74, 6) is -0.875. The summed E-state index contributed by atoms with van der Waals surface area (Å²) in [5, 5.41) is 6.33. The van der Waals surface area contributed by atoms with E-state index < -0.39 is 17.6 Å². The minimum absolute atomic E-state index is 0.138. The van der Waals surface area contributed by atoms with Gasteiger partial charge in [0.2, 0.25) is 0 Å². The molecule has 4 N–H and O–H groups in total. The number of alkyl halides is 3. The molecule has 116 valence electrons. The normalized spacial score (nSPS) is 19.3. The lowest BCUT2D eigenvalue weighted by atomic mass is 10.0. The Morgan fingerprint density at radius 1 is 1.38 bits per heavy atom. The van der Waals surface area contributed by atoms with Crippen molar-refractivity contribution < 1.29 is 18.0 Å². The third-order valence-corrected chi connectivity index (χ3v) is 3.56. The van der Waals surface area contributed by atoms with Crippen LogP contribution >= 0.6 is 0 Å². The first kappa shape index (κ1) is 15.6. The van der Waals surface area contributed by atoms with E-state index in [1.807, 2.05) is 0 Å². The first-order valence-electron chi connectivity index (χ1n) is 6.86. The van der Waals surface area contributed by atoms with Crippen LogP contribution in [-0.2, 0) is 6.18 Å². The Hall–Kier alpha value is -1.76. The summed E-state index contributed by atoms with van der Waals surface area (Å²) in [4.78, 5) is 11.4. The smallest absolute Gasteiger partial charge is 0.383 e. The lowest BCUT2D eigenvalue weighted by Gasteiger charge is -2.24. The largest absolute Gasteiger partial charge is 0.416 e. The summed E-state index contributed by atoms with van der Waals surface area (Å²) in [6.45, 7) is 1.48. The van der Waals surface area contributed by atoms with E-state index in [0.717, 1.165) is 37.9 Å². The number of anilines is 1. The third kappa shape index (κ3) is 4.10. The van der Waals surface area contributed by atoms with Gasteiger partial charge in [0.05, 0.1) is 11.1 Å². The number of halogens is 3. The average molecular weight is 301 g/mol. The molecule has 1 unspecified atom stereocenters. The maximum atomic E-state index is 12.7. The molecule has 21 heavy (non-hydrogen) atoms. The summed E-state index contributed by atoms with van der Waals surface area (Å²) < 4.78 is 38.0. The summed E-state index contributed by atoms with van der Waals surface area (Å²) in [6, 6.07) is 3.25. The Morgan fingerprint density at radius 2 is 2.14 bits per heavy atom. The van der Waals surface area contributed by atoms with Crippen LogP contribution in [0.4, 0.5) is 18.9 Å². The third-order valence-electron chi connectivity index (χ3n) is 3.56. The van der Waals surface area contributed by atoms with E-state index in [1.165, 1.54) is 6.07 Å². The topological polar surface area (TPSA) is 67.2 Å². The predicted octanol–water partition coefficient (Wildman–Crippen LogP) is 2.36. The van der Waals surface area contributed by atoms with Gasteiger partial charge < -0.3 is 16.4 Å². The summed E-state index contributed by atoms with van der Waals surface area (Å²) in [5.41, 5.74) is 4.49. The van der Waals surface area contributed by atoms with Crippen LogP contribution in [0.3, 0.4) is 0 Å². The van der Waals surface area contributed by atoms with E-state index in [-0.39, 0.29) is 11.6 Å². The van der Waals surface area contributed by atoms with Crippen LogP contribution in [0.2, 0.25) is 0 Å². The molecule has 0 spiro atoms. The van der Waals surface area contributed by atoms with Gasteiger partial charge in [-0.1, -0.05) is 6.42 Å². The van der Waals surface area contributed by atoms with E-state index in [0.29, 0.717) is 12.2 Å². The zero-order valence-corrected chi connectivity index (χ0v) is 11.5. The van der Waals surface area contributed by atoms with Crippen molar-refractivity contribution in [1.82, 2.24) is 5.32 Å². The second kappa shape index (κ2) is 6.34. The number of carbonyl (C=O) groups excluding carboxylic acids is 1. The molecular weight excluding hydrogens is 283 g/mol. The number of amides is 1. The van der Waals surface area contributed by atoms with Crippen molar-refractivity contribution in [2.45, 2.75) is 31.5 Å². The molecule has 1 aliphatic heterocycles. The molecule has 1 aliphatic rings. The fourth-order valence-electron chi connectivity index (χ4n) is 2.41. The minimum atomic E-state index is -4.49. The van der Waals surface area contributed by atoms with Crippen molar-refractivity contribution >= 4 is 11.6 Å². The molecule has 1 aromatic rings. The molecule has 0 saturated carbocycles. The average Bonchev–Trinajstić information content (AvgIpc) is 2.45. The highest BCUT2D eigenvalue weighted by Gasteiger charge is 2.31. The SMILES string of the molecule is NC(=O)c1cc(C(F)(F)F)ccc1NCC1CCCCN1. The molecule has 4 nitrogen and oxygen atoms in total. The number of primary amides is 1. The number of nitrogens with two attached hydrogens (primary N) is 1. The second-order valence-corrected chi connectivity index (χ2v) is 5.15. The maximum Gasteiger partial charge on any atom is 0.416 e. The van der Waals surface area contributed by atoms with Gasteiger partial charge in [-0.15, -0.1) is 0 Å². The van der Waals surface area contributed by atoms with E-state index >= 15 is 0 Å². The van der Waals surface area contributed by atoms with Crippen molar-refractivity contribution in [2.75, 3.05) is 18.4 Å². The van der Waals surface area contributed by atoms with Crippen molar-refractivity contribution in [3.8, 4) is 0 Å². The maximum absolute atomic E-state index is 12.7. The van der Waals surface area contributed by atoms with E-state index in [9.17, 15) is 18.0 Å². The van der Waals surface area contributed by atoms with Crippen LogP contribution in [0.5, 0.6) is 0 Å². The van der Waals surface area contributed by atoms with Gasteiger partial charge in [0.25, 0.3) is 5.91 Å². The summed E-state index contributed by atoms with van der Waals surface area (Å²) in [7, 11) is 0. The van der Waals surface area contributed by atoms with Gasteiger partial charge in [-0.25, -0.2) is 0 Å². The van der Waals surface area contributed by atoms with Gasteiger partial charge in [0, 0.05) is 18.3 Å². The number of rotatable bonds is 4. The molecule has 1 atom stereocenters. The van der Waals surface area contributed by atoms with Crippen LogP contribution in [-0.4, -0.2) is 25.0 Å². The van der Waals surface area contributed by atoms with Gasteiger partial charge in [0.15, 0.2) is 0 Å². The number of nitrogens with one attached hydrogen (secondary N) is 2. The number of hydrogen-bond donors (Lipinski definition) is 3. The first-order valence-corrected chi connectivity index (χ1v) is 6.86. The zero-order chi connectivity index (χ0) is 15.5. The number of piperidine rings is 1. The highest BCUT2D eigenvalue weighted by Crippen LogP contribution is 2.31. The number of benzene rings is 1. The summed E-state index contributed by atoms with van der Waals surface area (Å²) in [6.07, 6.45) is -1.24. The molecule has 0 aromatic heterocycles. The van der Waals surface area contributed by atoms with Gasteiger partial charge in [0.1, 0.15) is 0 Å². The fourth-order valence-corrected chi connectivity index (χ4v) is 2.41. The Morgan fingerprint density at radius 3 is 2.71 bits per heavy atom. The highest BCUT2D eigenvalue weighted by atomic mass is 19.4. The molecule has 0 bridgehead atoms. The van der Waals surface area contributed by atoms with Crippen molar-refractivity contribution in [1.29, 1.82) is 0 Å². The van der Waals surface area contributed by atoms with Crippen molar-refractivity contribution in [2.24, 2.45) is 5.73 Å². The lowest BCUT2D eigenvalue weighted by molar-refractivity contribution is -0.137. The van der Waals surface area contributed by atoms with Crippen molar-refractivity contribution in [3.05, 3.63) is 29.3 Å². The van der Waals surface area contributed by atoms with Gasteiger partial charge in [-0.2, -0.15) is 13.2 Å². The van der Waals surface area contributed by atoms with Crippen LogP contribution in [0, 0.1) is 0 Å². The molecule has 1 fully saturated rings. The number of carbonyl (C=O) groups is 1. The van der Waals surface area contributed by atoms with E-state index in [1.54, 1.807) is 0 Å². The van der Waals surface area contributed by atoms with Crippen LogP contribution in [0.1, 0.15) is 35.2 Å². The lowest BCUT2D eigenvalue weighted by Crippen LogP contribution is -2.39. The predicted molar refractivity (Wildman–Crippen MR) is 74.1 cm³/mol. The molecule has 1 heterocycles. The molecule has 0 aliphatic carbocycles. The highest BCUT2D eigenvalue weighted by molar-refractivity contribution is 5.98. The molecule has 0 radical (unpaired) electrons. The van der Waals surface area contributed by atoms with E-state index in [4.69, 9.17) is 5.73 Å². The standard InChI is InChI=1S/C14H18F3N3O/c15-14(16,17)9-4-5-12(11(7-9)13(18)21)20-8-10-3-1-2-6-19-10/h4-5,7,10,19-20H,1-3,6,8H2,(H2,18,21). The molecule has 2 rings (SSSR count). The zero-order valence-electron chi connectivity index (χ0n) is 11.5. The first-order chi connectivity index (χ1) is 9.88. The number of hydrogen-bond acceptors (Lipinski definition) is 3. The monoisotopic (exact) mass is 301 g/mol. The molecule has 1 aromatic carbocycles. The Labute approximate surface area is 120 Å². The van der Waals surface area contributed by atoms with E-state index in [2.05, 4.69) is 10.6 Å². The van der Waals surface area contributed by atoms with Crippen LogP contribution in [0.25, 0.3) is 0 Å². The van der Waals surface area contributed by atoms with Gasteiger partial charge in [-0.05, 0) is 37.6 Å². The van der Waals surface area contributed by atoms with Gasteiger partial charge in [-0.3, -0.25) is 4.79 Å². The molecular formula is C14H18F3N3O. The Kier molecular flexibility index (Phi) is 4.72. The van der Waals surface area contributed by atoms with Crippen molar-refractivity contribution in [3.63, 3.8) is 0 Å².